The molecule has 1 unspecified atom stereocenters. The second-order valence-corrected chi connectivity index (χ2v) is 7.44. The fraction of sp³-hybridized carbons (Fsp3) is 0.350. The van der Waals surface area contributed by atoms with Gasteiger partial charge in [-0.15, -0.1) is 11.8 Å². The van der Waals surface area contributed by atoms with E-state index in [9.17, 15) is 4.79 Å². The molecule has 5 heteroatoms. The van der Waals surface area contributed by atoms with Gasteiger partial charge in [0.2, 0.25) is 5.91 Å². The largest absolute Gasteiger partial charge is 0.486 e. The first-order chi connectivity index (χ1) is 12.1. The van der Waals surface area contributed by atoms with Gasteiger partial charge in [0, 0.05) is 19.3 Å². The van der Waals surface area contributed by atoms with Crippen LogP contribution in [0.1, 0.15) is 18.1 Å². The molecule has 0 fully saturated rings. The first kappa shape index (κ1) is 17.7. The molecule has 4 nitrogen and oxygen atoms in total. The van der Waals surface area contributed by atoms with Gasteiger partial charge in [-0.2, -0.15) is 0 Å². The van der Waals surface area contributed by atoms with Gasteiger partial charge in [-0.25, -0.2) is 0 Å². The van der Waals surface area contributed by atoms with Crippen molar-refractivity contribution in [2.45, 2.75) is 24.5 Å². The van der Waals surface area contributed by atoms with Crippen LogP contribution in [0.3, 0.4) is 0 Å². The number of hydrogen-bond donors (Lipinski definition) is 0. The third-order valence-corrected chi connectivity index (χ3v) is 5.29. The van der Waals surface area contributed by atoms with Gasteiger partial charge < -0.3 is 14.4 Å². The SMILES string of the molecule is CC(SCc1ccccc1)C(=O)N(C)Cc1ccc2c(c1)OCCO2. The maximum absolute atomic E-state index is 12.6. The average molecular weight is 357 g/mol. The smallest absolute Gasteiger partial charge is 0.235 e. The molecule has 2 aromatic rings. The van der Waals surface area contributed by atoms with E-state index in [2.05, 4.69) is 12.1 Å². The Kier molecular flexibility index (Phi) is 5.87. The minimum Gasteiger partial charge on any atom is -0.486 e. The van der Waals surface area contributed by atoms with Crippen LogP contribution in [0.25, 0.3) is 0 Å². The van der Waals surface area contributed by atoms with Crippen LogP contribution in [0.2, 0.25) is 0 Å². The highest BCUT2D eigenvalue weighted by Gasteiger charge is 2.19. The van der Waals surface area contributed by atoms with Crippen LogP contribution < -0.4 is 9.47 Å². The van der Waals surface area contributed by atoms with E-state index in [1.807, 2.05) is 50.4 Å². The van der Waals surface area contributed by atoms with Crippen molar-refractivity contribution in [3.05, 3.63) is 59.7 Å². The van der Waals surface area contributed by atoms with Crippen molar-refractivity contribution >= 4 is 17.7 Å². The highest BCUT2D eigenvalue weighted by molar-refractivity contribution is 7.99. The summed E-state index contributed by atoms with van der Waals surface area (Å²) in [6.07, 6.45) is 0. The standard InChI is InChI=1S/C20H23NO3S/c1-15(25-14-16-6-4-3-5-7-16)20(22)21(2)13-17-8-9-18-19(12-17)24-11-10-23-18/h3-9,12,15H,10-11,13-14H2,1-2H3. The molecule has 132 valence electrons. The fourth-order valence-corrected chi connectivity index (χ4v) is 3.67. The lowest BCUT2D eigenvalue weighted by Crippen LogP contribution is -2.32. The van der Waals surface area contributed by atoms with Gasteiger partial charge in [0.1, 0.15) is 13.2 Å². The van der Waals surface area contributed by atoms with E-state index < -0.39 is 0 Å². The van der Waals surface area contributed by atoms with E-state index in [4.69, 9.17) is 9.47 Å². The predicted octanol–water partition coefficient (Wildman–Crippen LogP) is 3.74. The molecule has 0 saturated heterocycles. The third-order valence-electron chi connectivity index (χ3n) is 4.09. The molecule has 1 amide bonds. The number of thioether (sulfide) groups is 1. The Balaban J connectivity index is 1.54. The second kappa shape index (κ2) is 8.30. The zero-order valence-corrected chi connectivity index (χ0v) is 15.4. The molecule has 0 spiro atoms. The van der Waals surface area contributed by atoms with Crippen molar-refractivity contribution in [2.24, 2.45) is 0 Å². The lowest BCUT2D eigenvalue weighted by molar-refractivity contribution is -0.129. The zero-order valence-electron chi connectivity index (χ0n) is 14.6. The van der Waals surface area contributed by atoms with E-state index in [0.29, 0.717) is 19.8 Å². The van der Waals surface area contributed by atoms with Crippen LogP contribution in [0.15, 0.2) is 48.5 Å². The molecule has 1 heterocycles. The molecule has 0 aromatic heterocycles. The Labute approximate surface area is 153 Å². The number of amides is 1. The Morgan fingerprint density at radius 1 is 1.08 bits per heavy atom. The molecule has 0 bridgehead atoms. The molecule has 0 aliphatic carbocycles. The lowest BCUT2D eigenvalue weighted by Gasteiger charge is -2.23. The van der Waals surface area contributed by atoms with Crippen LogP contribution in [0.4, 0.5) is 0 Å². The number of carbonyl (C=O) groups is 1. The first-order valence-corrected chi connectivity index (χ1v) is 9.47. The van der Waals surface area contributed by atoms with E-state index in [1.165, 1.54) is 5.56 Å². The molecule has 0 N–H and O–H groups in total. The third kappa shape index (κ3) is 4.69. The average Bonchev–Trinajstić information content (AvgIpc) is 2.66. The summed E-state index contributed by atoms with van der Waals surface area (Å²) >= 11 is 1.66. The summed E-state index contributed by atoms with van der Waals surface area (Å²) in [6.45, 7) is 3.68. The molecule has 0 radical (unpaired) electrons. The number of ether oxygens (including phenoxy) is 2. The first-order valence-electron chi connectivity index (χ1n) is 8.42. The number of benzene rings is 2. The monoisotopic (exact) mass is 357 g/mol. The van der Waals surface area contributed by atoms with Crippen LogP contribution in [-0.2, 0) is 17.1 Å². The molecule has 0 saturated carbocycles. The molecule has 1 aliphatic heterocycles. The summed E-state index contributed by atoms with van der Waals surface area (Å²) in [6, 6.07) is 16.1. The minimum atomic E-state index is -0.0811. The molecule has 3 rings (SSSR count). The summed E-state index contributed by atoms with van der Waals surface area (Å²) in [4.78, 5) is 14.4. The topological polar surface area (TPSA) is 38.8 Å². The van der Waals surface area contributed by atoms with Gasteiger partial charge in [-0.3, -0.25) is 4.79 Å². The quantitative estimate of drug-likeness (QED) is 0.789. The molecular formula is C20H23NO3S. The van der Waals surface area contributed by atoms with Crippen molar-refractivity contribution < 1.29 is 14.3 Å². The van der Waals surface area contributed by atoms with Crippen LogP contribution >= 0.6 is 11.8 Å². The van der Waals surface area contributed by atoms with Crippen molar-refractivity contribution in [3.8, 4) is 11.5 Å². The van der Waals surface area contributed by atoms with E-state index in [-0.39, 0.29) is 11.2 Å². The lowest BCUT2D eigenvalue weighted by atomic mass is 10.2. The molecular weight excluding hydrogens is 334 g/mol. The van der Waals surface area contributed by atoms with Gasteiger partial charge in [0.05, 0.1) is 5.25 Å². The highest BCUT2D eigenvalue weighted by Crippen LogP contribution is 2.31. The normalized spacial score (nSPS) is 14.0. The van der Waals surface area contributed by atoms with E-state index in [0.717, 1.165) is 22.8 Å². The zero-order chi connectivity index (χ0) is 17.6. The van der Waals surface area contributed by atoms with Crippen LogP contribution in [-0.4, -0.2) is 36.3 Å². The summed E-state index contributed by atoms with van der Waals surface area (Å²) in [7, 11) is 1.85. The van der Waals surface area contributed by atoms with Gasteiger partial charge in [-0.05, 0) is 30.2 Å². The highest BCUT2D eigenvalue weighted by atomic mass is 32.2. The summed E-state index contributed by atoms with van der Waals surface area (Å²) < 4.78 is 11.1. The summed E-state index contributed by atoms with van der Waals surface area (Å²) in [5, 5.41) is -0.0811. The Bertz CT molecular complexity index is 720. The fourth-order valence-electron chi connectivity index (χ4n) is 2.72. The Hall–Kier alpha value is -2.14. The van der Waals surface area contributed by atoms with Crippen molar-refractivity contribution in [3.63, 3.8) is 0 Å². The van der Waals surface area contributed by atoms with Crippen LogP contribution in [0.5, 0.6) is 11.5 Å². The van der Waals surface area contributed by atoms with E-state index >= 15 is 0 Å². The maximum Gasteiger partial charge on any atom is 0.235 e. The van der Waals surface area contributed by atoms with Crippen molar-refractivity contribution in [2.75, 3.05) is 20.3 Å². The Morgan fingerprint density at radius 2 is 1.80 bits per heavy atom. The number of hydrogen-bond acceptors (Lipinski definition) is 4. The second-order valence-electron chi connectivity index (χ2n) is 6.11. The van der Waals surface area contributed by atoms with Gasteiger partial charge in [-0.1, -0.05) is 36.4 Å². The molecule has 2 aromatic carbocycles. The summed E-state index contributed by atoms with van der Waals surface area (Å²) in [5.41, 5.74) is 2.28. The summed E-state index contributed by atoms with van der Waals surface area (Å²) in [5.74, 6) is 2.51. The van der Waals surface area contributed by atoms with Gasteiger partial charge in [0.15, 0.2) is 11.5 Å². The van der Waals surface area contributed by atoms with Crippen molar-refractivity contribution in [1.82, 2.24) is 4.90 Å². The van der Waals surface area contributed by atoms with Crippen LogP contribution in [0, 0.1) is 0 Å². The molecule has 25 heavy (non-hydrogen) atoms. The molecule has 1 aliphatic rings. The number of nitrogens with zero attached hydrogens (tertiary/aromatic N) is 1. The number of carbonyl (C=O) groups excluding carboxylic acids is 1. The van der Waals surface area contributed by atoms with E-state index in [1.54, 1.807) is 16.7 Å². The Morgan fingerprint density at radius 3 is 2.56 bits per heavy atom. The molecule has 1 atom stereocenters. The number of fused-ring (bicyclic) bond motifs is 1. The van der Waals surface area contributed by atoms with Gasteiger partial charge in [0.25, 0.3) is 0 Å². The minimum absolute atomic E-state index is 0.0811. The number of rotatable bonds is 6. The predicted molar refractivity (Wildman–Crippen MR) is 101 cm³/mol. The van der Waals surface area contributed by atoms with Crippen molar-refractivity contribution in [1.29, 1.82) is 0 Å². The van der Waals surface area contributed by atoms with Gasteiger partial charge >= 0.3 is 0 Å². The maximum atomic E-state index is 12.6.